The van der Waals surface area contributed by atoms with Crippen molar-refractivity contribution in [2.24, 2.45) is 0 Å². The summed E-state index contributed by atoms with van der Waals surface area (Å²) in [6.45, 7) is 1.99. The Morgan fingerprint density at radius 3 is 1.16 bits per heavy atom. The van der Waals surface area contributed by atoms with Crippen molar-refractivity contribution in [1.29, 1.82) is 0 Å². The molecule has 0 unspecified atom stereocenters. The van der Waals surface area contributed by atoms with E-state index in [0.29, 0.717) is 26.4 Å². The summed E-state index contributed by atoms with van der Waals surface area (Å²) < 4.78 is 25.8. The maximum atomic E-state index is 5.73. The molecule has 0 atom stereocenters. The molecule has 0 bridgehead atoms. The first kappa shape index (κ1) is 39.6. The van der Waals surface area contributed by atoms with E-state index in [4.69, 9.17) is 18.9 Å². The van der Waals surface area contributed by atoms with Crippen molar-refractivity contribution < 1.29 is 18.9 Å². The maximum absolute atomic E-state index is 5.73. The van der Waals surface area contributed by atoms with Crippen molar-refractivity contribution in [3.8, 4) is 44.5 Å². The Labute approximate surface area is 359 Å². The predicted octanol–water partition coefficient (Wildman–Crippen LogP) is 14.7. The summed E-state index contributed by atoms with van der Waals surface area (Å²) in [7, 11) is 6.99. The van der Waals surface area contributed by atoms with Crippen molar-refractivity contribution in [2.75, 3.05) is 28.4 Å². The molecule has 286 valence electrons. The molecule has 0 aromatic heterocycles. The van der Waals surface area contributed by atoms with Gasteiger partial charge in [0.15, 0.2) is 0 Å². The molecule has 0 aliphatic heterocycles. The summed E-state index contributed by atoms with van der Waals surface area (Å²) in [6, 6.07) is 46.5. The molecule has 0 radical (unpaired) electrons. The van der Waals surface area contributed by atoms with Gasteiger partial charge in [-0.3, -0.25) is 0 Å². The van der Waals surface area contributed by atoms with Crippen LogP contribution >= 0.6 is 47.8 Å². The van der Waals surface area contributed by atoms with E-state index in [1.807, 2.05) is 0 Å². The summed E-state index contributed by atoms with van der Waals surface area (Å²) in [5, 5.41) is 6.91. The molecular formula is C50H41Br3O4. The number of hydrogen-bond donors (Lipinski definition) is 0. The van der Waals surface area contributed by atoms with Gasteiger partial charge in [0.25, 0.3) is 0 Å². The molecule has 8 aromatic carbocycles. The van der Waals surface area contributed by atoms with E-state index >= 15 is 0 Å². The van der Waals surface area contributed by atoms with Gasteiger partial charge in [0.1, 0.15) is 0 Å². The first-order valence-corrected chi connectivity index (χ1v) is 21.1. The average Bonchev–Trinajstić information content (AvgIpc) is 3.21. The molecule has 0 saturated carbocycles. The van der Waals surface area contributed by atoms with Crippen LogP contribution in [0.1, 0.15) is 22.3 Å². The van der Waals surface area contributed by atoms with Crippen molar-refractivity contribution in [3.05, 3.63) is 163 Å². The third-order valence-corrected chi connectivity index (χ3v) is 12.3. The van der Waals surface area contributed by atoms with Crippen LogP contribution in [0.2, 0.25) is 0 Å². The fourth-order valence-corrected chi connectivity index (χ4v) is 9.40. The molecule has 0 amide bonds. The van der Waals surface area contributed by atoms with Crippen LogP contribution in [0.4, 0.5) is 0 Å². The average molecular weight is 946 g/mol. The van der Waals surface area contributed by atoms with Crippen molar-refractivity contribution in [2.45, 2.75) is 26.4 Å². The molecule has 0 spiro atoms. The lowest BCUT2D eigenvalue weighted by Crippen LogP contribution is -2.00. The van der Waals surface area contributed by atoms with Crippen LogP contribution in [-0.2, 0) is 45.4 Å². The lowest BCUT2D eigenvalue weighted by atomic mass is 9.77. The Morgan fingerprint density at radius 2 is 0.754 bits per heavy atom. The minimum Gasteiger partial charge on any atom is -0.380 e. The Hall–Kier alpha value is -4.18. The number of ether oxygens (including phenoxy) is 4. The van der Waals surface area contributed by atoms with Gasteiger partial charge in [0, 0.05) is 41.9 Å². The van der Waals surface area contributed by atoms with Crippen LogP contribution in [0.15, 0.2) is 141 Å². The van der Waals surface area contributed by atoms with Gasteiger partial charge in [-0.25, -0.2) is 0 Å². The molecule has 7 heteroatoms. The van der Waals surface area contributed by atoms with E-state index < -0.39 is 0 Å². The molecule has 4 nitrogen and oxygen atoms in total. The smallest absolute Gasteiger partial charge is 0.0724 e. The van der Waals surface area contributed by atoms with Crippen LogP contribution in [-0.4, -0.2) is 28.4 Å². The second kappa shape index (κ2) is 17.4. The van der Waals surface area contributed by atoms with Crippen LogP contribution in [0.5, 0.6) is 0 Å². The molecule has 0 fully saturated rings. The van der Waals surface area contributed by atoms with Gasteiger partial charge in [-0.2, -0.15) is 0 Å². The SMILES string of the molecule is COCc1cccc(-c2c3ccc(Br)cc3c(-c3cccc(COC)c3)c3c(-c4ccc(Br)c(COC)c4)c4ccc(Br)cc4c(-c4cccc(COC)c4)c23)c1. The molecule has 8 aromatic rings. The Bertz CT molecular complexity index is 2790. The maximum Gasteiger partial charge on any atom is 0.0724 e. The lowest BCUT2D eigenvalue weighted by Gasteiger charge is -2.26. The van der Waals surface area contributed by atoms with E-state index in [-0.39, 0.29) is 0 Å². The second-order valence-electron chi connectivity index (χ2n) is 14.3. The Balaban J connectivity index is 1.73. The van der Waals surface area contributed by atoms with Crippen molar-refractivity contribution in [3.63, 3.8) is 0 Å². The molecule has 0 N–H and O–H groups in total. The third kappa shape index (κ3) is 7.75. The number of halogens is 3. The molecule has 0 heterocycles. The fourth-order valence-electron chi connectivity index (χ4n) is 8.32. The molecular weight excluding hydrogens is 904 g/mol. The molecule has 0 saturated heterocycles. The van der Waals surface area contributed by atoms with Crippen LogP contribution in [0.25, 0.3) is 76.8 Å². The van der Waals surface area contributed by atoms with Gasteiger partial charge in [0.2, 0.25) is 0 Å². The van der Waals surface area contributed by atoms with Crippen LogP contribution < -0.4 is 0 Å². The largest absolute Gasteiger partial charge is 0.380 e. The van der Waals surface area contributed by atoms with Gasteiger partial charge in [-0.1, -0.05) is 121 Å². The number of benzene rings is 8. The molecule has 0 aliphatic rings. The summed E-state index contributed by atoms with van der Waals surface area (Å²) in [5.41, 5.74) is 13.5. The van der Waals surface area contributed by atoms with E-state index in [9.17, 15) is 0 Å². The highest BCUT2D eigenvalue weighted by Crippen LogP contribution is 2.54. The standard InChI is InChI=1S/C50H41Br3O4/c1-54-26-30-8-5-11-33(20-30)45-40-17-15-38(51)24-42(40)48(35-13-7-10-32(22-35)28-56-3)50-46(36-14-19-44(53)37(23-36)29-57-4)41-18-16-39(52)25-43(41)47(49(45)50)34-12-6-9-31(21-34)27-55-2/h5-25H,26-29H2,1-4H3. The number of methoxy groups -OCH3 is 4. The summed E-state index contributed by atoms with van der Waals surface area (Å²) in [6.07, 6.45) is 0. The predicted molar refractivity (Wildman–Crippen MR) is 247 cm³/mol. The van der Waals surface area contributed by atoms with E-state index in [0.717, 1.165) is 112 Å². The highest BCUT2D eigenvalue weighted by molar-refractivity contribution is 9.11. The zero-order valence-corrected chi connectivity index (χ0v) is 37.0. The quantitative estimate of drug-likeness (QED) is 0.114. The van der Waals surface area contributed by atoms with Crippen molar-refractivity contribution >= 4 is 80.1 Å². The minimum absolute atomic E-state index is 0.472. The Morgan fingerprint density at radius 1 is 0.368 bits per heavy atom. The van der Waals surface area contributed by atoms with E-state index in [2.05, 4.69) is 175 Å². The van der Waals surface area contributed by atoms with Gasteiger partial charge in [-0.05, 0) is 154 Å². The van der Waals surface area contributed by atoms with Crippen LogP contribution in [0.3, 0.4) is 0 Å². The zero-order chi connectivity index (χ0) is 39.6. The summed E-state index contributed by atoms with van der Waals surface area (Å²) in [5.74, 6) is 0. The first-order valence-electron chi connectivity index (χ1n) is 18.7. The zero-order valence-electron chi connectivity index (χ0n) is 32.2. The fraction of sp³-hybridized carbons (Fsp3) is 0.160. The summed E-state index contributed by atoms with van der Waals surface area (Å²) >= 11 is 11.6. The van der Waals surface area contributed by atoms with Gasteiger partial charge in [-0.15, -0.1) is 0 Å². The molecule has 8 rings (SSSR count). The monoisotopic (exact) mass is 942 g/mol. The van der Waals surface area contributed by atoms with E-state index in [1.54, 1.807) is 28.4 Å². The highest BCUT2D eigenvalue weighted by atomic mass is 79.9. The number of fused-ring (bicyclic) bond motifs is 3. The number of rotatable bonds is 12. The topological polar surface area (TPSA) is 36.9 Å². The normalized spacial score (nSPS) is 11.6. The third-order valence-electron chi connectivity index (χ3n) is 10.5. The first-order chi connectivity index (χ1) is 27.8. The summed E-state index contributed by atoms with van der Waals surface area (Å²) in [4.78, 5) is 0. The lowest BCUT2D eigenvalue weighted by molar-refractivity contribution is 0.184. The molecule has 57 heavy (non-hydrogen) atoms. The molecule has 0 aliphatic carbocycles. The minimum atomic E-state index is 0.472. The van der Waals surface area contributed by atoms with E-state index in [1.165, 1.54) is 0 Å². The number of hydrogen-bond acceptors (Lipinski definition) is 4. The van der Waals surface area contributed by atoms with Gasteiger partial charge >= 0.3 is 0 Å². The highest BCUT2D eigenvalue weighted by Gasteiger charge is 2.27. The van der Waals surface area contributed by atoms with Gasteiger partial charge < -0.3 is 18.9 Å². The van der Waals surface area contributed by atoms with Gasteiger partial charge in [0.05, 0.1) is 26.4 Å². The second-order valence-corrected chi connectivity index (χ2v) is 17.0. The van der Waals surface area contributed by atoms with Crippen molar-refractivity contribution in [1.82, 2.24) is 0 Å². The van der Waals surface area contributed by atoms with Crippen LogP contribution in [0, 0.1) is 0 Å². The Kier molecular flexibility index (Phi) is 12.1.